The van der Waals surface area contributed by atoms with Gasteiger partial charge in [-0.1, -0.05) is 36.8 Å². The zero-order valence-electron chi connectivity index (χ0n) is 14.6. The zero-order valence-corrected chi connectivity index (χ0v) is 16.9. The van der Waals surface area contributed by atoms with Crippen LogP contribution in [-0.4, -0.2) is 56.0 Å². The number of likely N-dealkylation sites (N-methyl/N-ethyl adjacent to an activating group) is 1. The Hall–Kier alpha value is -0.820. The summed E-state index contributed by atoms with van der Waals surface area (Å²) in [5.41, 5.74) is 2.60. The van der Waals surface area contributed by atoms with Gasteiger partial charge < -0.3 is 15.1 Å². The van der Waals surface area contributed by atoms with Crippen LogP contribution in [0.15, 0.2) is 29.3 Å². The highest BCUT2D eigenvalue weighted by molar-refractivity contribution is 14.0. The molecule has 0 radical (unpaired) electrons. The first-order chi connectivity index (χ1) is 10.1. The van der Waals surface area contributed by atoms with Crippen molar-refractivity contribution in [3.8, 4) is 0 Å². The van der Waals surface area contributed by atoms with Gasteiger partial charge in [0, 0.05) is 26.7 Å². The number of nitrogens with one attached hydrogen (secondary N) is 1. The summed E-state index contributed by atoms with van der Waals surface area (Å²) in [6, 6.07) is 8.67. The maximum Gasteiger partial charge on any atom is 0.194 e. The van der Waals surface area contributed by atoms with Crippen molar-refractivity contribution in [3.05, 3.63) is 35.4 Å². The number of aryl methyl sites for hydroxylation is 1. The number of hydrogen-bond acceptors (Lipinski definition) is 2. The Bertz CT molecular complexity index is 431. The highest BCUT2D eigenvalue weighted by Crippen LogP contribution is 2.06. The van der Waals surface area contributed by atoms with E-state index < -0.39 is 0 Å². The molecule has 0 unspecified atom stereocenters. The molecule has 1 aromatic rings. The van der Waals surface area contributed by atoms with Gasteiger partial charge in [0.1, 0.15) is 0 Å². The molecule has 0 amide bonds. The van der Waals surface area contributed by atoms with E-state index in [0.717, 1.165) is 38.7 Å². The Balaban J connectivity index is 0.00000441. The van der Waals surface area contributed by atoms with Crippen LogP contribution in [0, 0.1) is 6.92 Å². The van der Waals surface area contributed by atoms with Crippen LogP contribution in [0.4, 0.5) is 0 Å². The van der Waals surface area contributed by atoms with Gasteiger partial charge in [-0.15, -0.1) is 24.0 Å². The van der Waals surface area contributed by atoms with Crippen molar-refractivity contribution in [2.24, 2.45) is 4.99 Å². The van der Waals surface area contributed by atoms with Gasteiger partial charge in [-0.25, -0.2) is 0 Å². The molecule has 0 heterocycles. The fourth-order valence-corrected chi connectivity index (χ4v) is 2.00. The highest BCUT2D eigenvalue weighted by atomic mass is 127. The standard InChI is InChI=1S/C17H30N4.HI/c1-6-18-17(19-12-13-20(4)7-2)21(5)14-16-10-8-15(3)9-11-16;/h8-11H,6-7,12-14H2,1-5H3,(H,18,19);1H. The summed E-state index contributed by atoms with van der Waals surface area (Å²) in [7, 11) is 4.21. The summed E-state index contributed by atoms with van der Waals surface area (Å²) in [4.78, 5) is 9.16. The van der Waals surface area contributed by atoms with Crippen molar-refractivity contribution in [2.45, 2.75) is 27.3 Å². The number of aliphatic imine (C=N–C) groups is 1. The van der Waals surface area contributed by atoms with Crippen LogP contribution < -0.4 is 5.32 Å². The van der Waals surface area contributed by atoms with Gasteiger partial charge in [0.25, 0.3) is 0 Å². The number of halogens is 1. The normalized spacial score (nSPS) is 11.3. The third-order valence-corrected chi connectivity index (χ3v) is 3.52. The molecule has 0 fully saturated rings. The maximum absolute atomic E-state index is 4.70. The fraction of sp³-hybridized carbons (Fsp3) is 0.588. The molecule has 0 bridgehead atoms. The lowest BCUT2D eigenvalue weighted by atomic mass is 10.1. The Labute approximate surface area is 153 Å². The molecule has 4 nitrogen and oxygen atoms in total. The number of hydrogen-bond donors (Lipinski definition) is 1. The van der Waals surface area contributed by atoms with Crippen molar-refractivity contribution in [3.63, 3.8) is 0 Å². The van der Waals surface area contributed by atoms with Crippen LogP contribution in [0.5, 0.6) is 0 Å². The van der Waals surface area contributed by atoms with Crippen LogP contribution in [0.2, 0.25) is 0 Å². The molecule has 0 aromatic heterocycles. The summed E-state index contributed by atoms with van der Waals surface area (Å²) >= 11 is 0. The minimum Gasteiger partial charge on any atom is -0.357 e. The van der Waals surface area contributed by atoms with Gasteiger partial charge >= 0.3 is 0 Å². The van der Waals surface area contributed by atoms with E-state index in [2.05, 4.69) is 74.2 Å². The van der Waals surface area contributed by atoms with Gasteiger partial charge in [0.2, 0.25) is 0 Å². The molecule has 5 heteroatoms. The molecule has 0 spiro atoms. The Morgan fingerprint density at radius 1 is 1.14 bits per heavy atom. The lowest BCUT2D eigenvalue weighted by molar-refractivity contribution is 0.361. The van der Waals surface area contributed by atoms with Gasteiger partial charge in [-0.2, -0.15) is 0 Å². The van der Waals surface area contributed by atoms with E-state index in [-0.39, 0.29) is 24.0 Å². The van der Waals surface area contributed by atoms with Crippen molar-refractivity contribution in [2.75, 3.05) is 40.3 Å². The second-order valence-electron chi connectivity index (χ2n) is 5.47. The molecular formula is C17H31IN4. The van der Waals surface area contributed by atoms with E-state index >= 15 is 0 Å². The molecule has 0 saturated carbocycles. The lowest BCUT2D eigenvalue weighted by Crippen LogP contribution is -2.39. The molecule has 0 aliphatic heterocycles. The third-order valence-electron chi connectivity index (χ3n) is 3.52. The van der Waals surface area contributed by atoms with E-state index in [1.165, 1.54) is 11.1 Å². The quantitative estimate of drug-likeness (QED) is 0.420. The average Bonchev–Trinajstić information content (AvgIpc) is 2.48. The van der Waals surface area contributed by atoms with Crippen molar-refractivity contribution in [1.82, 2.24) is 15.1 Å². The van der Waals surface area contributed by atoms with Crippen LogP contribution in [0.3, 0.4) is 0 Å². The molecule has 22 heavy (non-hydrogen) atoms. The Kier molecular flexibility index (Phi) is 11.3. The van der Waals surface area contributed by atoms with E-state index in [9.17, 15) is 0 Å². The Morgan fingerprint density at radius 2 is 1.77 bits per heavy atom. The molecule has 1 aromatic carbocycles. The van der Waals surface area contributed by atoms with Gasteiger partial charge in [-0.3, -0.25) is 4.99 Å². The molecule has 0 atom stereocenters. The summed E-state index contributed by atoms with van der Waals surface area (Å²) < 4.78 is 0. The van der Waals surface area contributed by atoms with Crippen LogP contribution in [0.1, 0.15) is 25.0 Å². The molecule has 0 aliphatic rings. The third kappa shape index (κ3) is 7.98. The van der Waals surface area contributed by atoms with Gasteiger partial charge in [0.05, 0.1) is 6.54 Å². The molecule has 1 rings (SSSR count). The number of benzene rings is 1. The van der Waals surface area contributed by atoms with E-state index in [1.807, 2.05) is 0 Å². The van der Waals surface area contributed by atoms with Crippen LogP contribution in [-0.2, 0) is 6.54 Å². The van der Waals surface area contributed by atoms with E-state index in [1.54, 1.807) is 0 Å². The first kappa shape index (κ1) is 21.2. The van der Waals surface area contributed by atoms with Crippen LogP contribution in [0.25, 0.3) is 0 Å². The van der Waals surface area contributed by atoms with Crippen molar-refractivity contribution < 1.29 is 0 Å². The summed E-state index contributed by atoms with van der Waals surface area (Å²) in [5, 5.41) is 3.36. The predicted octanol–water partition coefficient (Wildman–Crippen LogP) is 2.96. The van der Waals surface area contributed by atoms with Gasteiger partial charge in [-0.05, 0) is 33.0 Å². The lowest BCUT2D eigenvalue weighted by Gasteiger charge is -2.22. The minimum absolute atomic E-state index is 0. The number of rotatable bonds is 7. The average molecular weight is 418 g/mol. The first-order valence-electron chi connectivity index (χ1n) is 7.80. The predicted molar refractivity (Wildman–Crippen MR) is 107 cm³/mol. The summed E-state index contributed by atoms with van der Waals surface area (Å²) in [6.45, 7) is 11.0. The molecule has 0 saturated heterocycles. The monoisotopic (exact) mass is 418 g/mol. The smallest absolute Gasteiger partial charge is 0.194 e. The largest absolute Gasteiger partial charge is 0.357 e. The number of nitrogens with zero attached hydrogens (tertiary/aromatic N) is 3. The number of guanidine groups is 1. The van der Waals surface area contributed by atoms with E-state index in [0.29, 0.717) is 0 Å². The topological polar surface area (TPSA) is 30.9 Å². The summed E-state index contributed by atoms with van der Waals surface area (Å²) in [6.07, 6.45) is 0. The minimum atomic E-state index is 0. The maximum atomic E-state index is 4.70. The molecule has 0 aliphatic carbocycles. The molecular weight excluding hydrogens is 387 g/mol. The molecule has 1 N–H and O–H groups in total. The molecule has 126 valence electrons. The fourth-order valence-electron chi connectivity index (χ4n) is 2.00. The highest BCUT2D eigenvalue weighted by Gasteiger charge is 2.06. The Morgan fingerprint density at radius 3 is 2.32 bits per heavy atom. The van der Waals surface area contributed by atoms with Gasteiger partial charge in [0.15, 0.2) is 5.96 Å². The summed E-state index contributed by atoms with van der Waals surface area (Å²) in [5.74, 6) is 0.975. The van der Waals surface area contributed by atoms with Crippen molar-refractivity contribution in [1.29, 1.82) is 0 Å². The van der Waals surface area contributed by atoms with Crippen molar-refractivity contribution >= 4 is 29.9 Å². The zero-order chi connectivity index (χ0) is 15.7. The van der Waals surface area contributed by atoms with E-state index in [4.69, 9.17) is 4.99 Å². The second kappa shape index (κ2) is 11.7. The first-order valence-corrected chi connectivity index (χ1v) is 7.80. The second-order valence-corrected chi connectivity index (χ2v) is 5.47. The SMILES string of the molecule is CCNC(=NCCN(C)CC)N(C)Cc1ccc(C)cc1.I. The van der Waals surface area contributed by atoms with Crippen LogP contribution >= 0.6 is 24.0 Å².